The summed E-state index contributed by atoms with van der Waals surface area (Å²) in [5, 5.41) is 0. The summed E-state index contributed by atoms with van der Waals surface area (Å²) in [7, 11) is 0. The van der Waals surface area contributed by atoms with Crippen molar-refractivity contribution in [3.63, 3.8) is 0 Å². The van der Waals surface area contributed by atoms with Crippen LogP contribution in [-0.2, 0) is 6.42 Å². The fourth-order valence-corrected chi connectivity index (χ4v) is 2.39. The molecule has 0 aliphatic carbocycles. The van der Waals surface area contributed by atoms with Crippen LogP contribution in [0.2, 0.25) is 0 Å². The van der Waals surface area contributed by atoms with Gasteiger partial charge in [-0.3, -0.25) is 0 Å². The van der Waals surface area contributed by atoms with Crippen LogP contribution in [0.4, 0.5) is 16.0 Å². The van der Waals surface area contributed by atoms with Crippen LogP contribution in [0, 0.1) is 5.82 Å². The Bertz CT molecular complexity index is 817. The maximum absolute atomic E-state index is 13.4. The molecule has 3 rings (SSSR count). The topological polar surface area (TPSA) is 77.8 Å². The summed E-state index contributed by atoms with van der Waals surface area (Å²) >= 11 is 0. The van der Waals surface area contributed by atoms with Crippen LogP contribution in [0.3, 0.4) is 0 Å². The zero-order chi connectivity index (χ0) is 15.5. The van der Waals surface area contributed by atoms with Crippen molar-refractivity contribution in [3.8, 4) is 11.3 Å². The Morgan fingerprint density at radius 2 is 1.82 bits per heavy atom. The van der Waals surface area contributed by atoms with Gasteiger partial charge < -0.3 is 11.5 Å². The number of nitrogen functional groups attached to an aromatic ring is 2. The Kier molecular flexibility index (Phi) is 3.70. The number of hydrogen-bond donors (Lipinski definition) is 2. The summed E-state index contributed by atoms with van der Waals surface area (Å²) in [6.45, 7) is 0. The van der Waals surface area contributed by atoms with Gasteiger partial charge in [0.1, 0.15) is 17.5 Å². The molecule has 22 heavy (non-hydrogen) atoms. The lowest BCUT2D eigenvalue weighted by Crippen LogP contribution is -2.03. The predicted octanol–water partition coefficient (Wildman–Crippen LogP) is 3.04. The first-order valence-electron chi connectivity index (χ1n) is 6.84. The molecule has 2 aromatic heterocycles. The third kappa shape index (κ3) is 2.88. The van der Waals surface area contributed by atoms with Crippen molar-refractivity contribution in [3.05, 3.63) is 71.7 Å². The lowest BCUT2D eigenvalue weighted by atomic mass is 9.98. The molecule has 5 heteroatoms. The summed E-state index contributed by atoms with van der Waals surface area (Å²) < 4.78 is 13.4. The average molecular weight is 294 g/mol. The highest BCUT2D eigenvalue weighted by atomic mass is 19.1. The number of halogens is 1. The first-order valence-corrected chi connectivity index (χ1v) is 6.84. The monoisotopic (exact) mass is 294 g/mol. The van der Waals surface area contributed by atoms with Crippen LogP contribution in [0.25, 0.3) is 11.3 Å². The summed E-state index contributed by atoms with van der Waals surface area (Å²) in [6, 6.07) is 13.7. The van der Waals surface area contributed by atoms with E-state index >= 15 is 0 Å². The minimum Gasteiger partial charge on any atom is -0.384 e. The second-order valence-corrected chi connectivity index (χ2v) is 4.98. The van der Waals surface area contributed by atoms with Crippen molar-refractivity contribution in [1.29, 1.82) is 0 Å². The third-order valence-electron chi connectivity index (χ3n) is 3.41. The molecule has 0 aliphatic heterocycles. The van der Waals surface area contributed by atoms with E-state index < -0.39 is 0 Å². The second-order valence-electron chi connectivity index (χ2n) is 4.98. The van der Waals surface area contributed by atoms with E-state index in [0.717, 1.165) is 22.4 Å². The van der Waals surface area contributed by atoms with Crippen LogP contribution in [0.5, 0.6) is 0 Å². The Morgan fingerprint density at radius 3 is 2.59 bits per heavy atom. The highest BCUT2D eigenvalue weighted by Gasteiger charge is 2.12. The number of anilines is 2. The molecule has 110 valence electrons. The molecule has 0 unspecified atom stereocenters. The van der Waals surface area contributed by atoms with Crippen molar-refractivity contribution in [2.75, 3.05) is 11.5 Å². The molecule has 1 aromatic carbocycles. The molecular weight excluding hydrogens is 279 g/mol. The minimum atomic E-state index is -0.274. The zero-order valence-electron chi connectivity index (χ0n) is 11.8. The van der Waals surface area contributed by atoms with Gasteiger partial charge in [-0.05, 0) is 35.9 Å². The molecule has 4 N–H and O–H groups in total. The Labute approximate surface area is 127 Å². The highest BCUT2D eigenvalue weighted by molar-refractivity contribution is 5.70. The summed E-state index contributed by atoms with van der Waals surface area (Å²) in [6.07, 6.45) is 2.11. The van der Waals surface area contributed by atoms with E-state index in [1.165, 1.54) is 12.1 Å². The number of benzene rings is 1. The average Bonchev–Trinajstić information content (AvgIpc) is 2.49. The molecule has 0 spiro atoms. The van der Waals surface area contributed by atoms with Gasteiger partial charge in [0.15, 0.2) is 0 Å². The first kappa shape index (κ1) is 14.0. The molecule has 3 aromatic rings. The molecule has 0 saturated heterocycles. The van der Waals surface area contributed by atoms with Crippen molar-refractivity contribution >= 4 is 11.6 Å². The van der Waals surface area contributed by atoms with Crippen LogP contribution in [-0.4, -0.2) is 9.97 Å². The molecule has 0 atom stereocenters. The van der Waals surface area contributed by atoms with E-state index in [-0.39, 0.29) is 5.82 Å². The van der Waals surface area contributed by atoms with E-state index in [0.29, 0.717) is 18.1 Å². The van der Waals surface area contributed by atoms with E-state index in [1.54, 1.807) is 18.3 Å². The summed E-state index contributed by atoms with van der Waals surface area (Å²) in [5.74, 6) is 0.569. The quantitative estimate of drug-likeness (QED) is 0.778. The molecule has 0 amide bonds. The van der Waals surface area contributed by atoms with Crippen molar-refractivity contribution < 1.29 is 4.39 Å². The fourth-order valence-electron chi connectivity index (χ4n) is 2.39. The fraction of sp³-hybridized carbons (Fsp3) is 0.0588. The smallest absolute Gasteiger partial charge is 0.127 e. The van der Waals surface area contributed by atoms with Crippen LogP contribution in [0.1, 0.15) is 11.1 Å². The molecule has 0 aliphatic rings. The van der Waals surface area contributed by atoms with Gasteiger partial charge in [-0.25, -0.2) is 14.4 Å². The van der Waals surface area contributed by atoms with Gasteiger partial charge in [0.05, 0.1) is 5.69 Å². The van der Waals surface area contributed by atoms with Gasteiger partial charge in [-0.15, -0.1) is 0 Å². The van der Waals surface area contributed by atoms with Gasteiger partial charge >= 0.3 is 0 Å². The molecule has 0 radical (unpaired) electrons. The number of nitrogens with two attached hydrogens (primary N) is 2. The number of hydrogen-bond acceptors (Lipinski definition) is 4. The summed E-state index contributed by atoms with van der Waals surface area (Å²) in [5.41, 5.74) is 15.0. The van der Waals surface area contributed by atoms with E-state index in [9.17, 15) is 4.39 Å². The van der Waals surface area contributed by atoms with Gasteiger partial charge in [0.2, 0.25) is 0 Å². The standard InChI is InChI=1S/C17H15FN4/c18-12-4-1-3-11(9-12)10-14-13(7-8-21-17(14)20)15-5-2-6-16(19)22-15/h1-9H,10H2,(H2,19,22)(H2,20,21). The zero-order valence-corrected chi connectivity index (χ0v) is 11.8. The lowest BCUT2D eigenvalue weighted by molar-refractivity contribution is 0.626. The van der Waals surface area contributed by atoms with E-state index in [4.69, 9.17) is 11.5 Å². The third-order valence-corrected chi connectivity index (χ3v) is 3.41. The number of pyridine rings is 2. The SMILES string of the molecule is Nc1cccc(-c2ccnc(N)c2Cc2cccc(F)c2)n1. The highest BCUT2D eigenvalue weighted by Crippen LogP contribution is 2.28. The molecule has 0 saturated carbocycles. The maximum atomic E-state index is 13.4. The largest absolute Gasteiger partial charge is 0.384 e. The van der Waals surface area contributed by atoms with Crippen LogP contribution < -0.4 is 11.5 Å². The summed E-state index contributed by atoms with van der Waals surface area (Å²) in [4.78, 5) is 8.46. The second kappa shape index (κ2) is 5.81. The van der Waals surface area contributed by atoms with Gasteiger partial charge in [0, 0.05) is 23.7 Å². The number of nitrogens with zero attached hydrogens (tertiary/aromatic N) is 2. The number of aromatic nitrogens is 2. The molecule has 0 fully saturated rings. The Morgan fingerprint density at radius 1 is 1.00 bits per heavy atom. The lowest BCUT2D eigenvalue weighted by Gasteiger charge is -2.12. The minimum absolute atomic E-state index is 0.274. The van der Waals surface area contributed by atoms with Crippen LogP contribution >= 0.6 is 0 Å². The molecule has 2 heterocycles. The molecular formula is C17H15FN4. The van der Waals surface area contributed by atoms with Gasteiger partial charge in [-0.1, -0.05) is 18.2 Å². The van der Waals surface area contributed by atoms with Crippen LogP contribution in [0.15, 0.2) is 54.7 Å². The normalized spacial score (nSPS) is 10.6. The van der Waals surface area contributed by atoms with Gasteiger partial charge in [0.25, 0.3) is 0 Å². The maximum Gasteiger partial charge on any atom is 0.127 e. The Balaban J connectivity index is 2.07. The first-order chi connectivity index (χ1) is 10.6. The molecule has 0 bridgehead atoms. The van der Waals surface area contributed by atoms with Crippen molar-refractivity contribution in [2.24, 2.45) is 0 Å². The predicted molar refractivity (Wildman–Crippen MR) is 85.5 cm³/mol. The van der Waals surface area contributed by atoms with Gasteiger partial charge in [-0.2, -0.15) is 0 Å². The van der Waals surface area contributed by atoms with E-state index in [2.05, 4.69) is 9.97 Å². The van der Waals surface area contributed by atoms with Crippen molar-refractivity contribution in [1.82, 2.24) is 9.97 Å². The van der Waals surface area contributed by atoms with Crippen molar-refractivity contribution in [2.45, 2.75) is 6.42 Å². The Hall–Kier alpha value is -2.95. The number of rotatable bonds is 3. The van der Waals surface area contributed by atoms with E-state index in [1.807, 2.05) is 24.3 Å². The molecule has 4 nitrogen and oxygen atoms in total.